The zero-order valence-corrected chi connectivity index (χ0v) is 19.9. The van der Waals surface area contributed by atoms with Gasteiger partial charge >= 0.3 is 0 Å². The maximum atomic E-state index is 13.0. The number of halogens is 1. The van der Waals surface area contributed by atoms with Crippen molar-refractivity contribution in [1.29, 1.82) is 0 Å². The van der Waals surface area contributed by atoms with E-state index >= 15 is 0 Å². The maximum absolute atomic E-state index is 13.0. The average molecular weight is 472 g/mol. The second kappa shape index (κ2) is 11.9. The number of likely N-dealkylation sites (tertiary alicyclic amines) is 1. The quantitative estimate of drug-likeness (QED) is 0.502. The van der Waals surface area contributed by atoms with Crippen LogP contribution >= 0.6 is 11.6 Å². The highest BCUT2D eigenvalue weighted by Gasteiger charge is 2.37. The minimum absolute atomic E-state index is 0.00350. The second-order valence-electron chi connectivity index (χ2n) is 9.22. The molecule has 1 unspecified atom stereocenters. The van der Waals surface area contributed by atoms with Gasteiger partial charge in [0.15, 0.2) is 0 Å². The lowest BCUT2D eigenvalue weighted by Crippen LogP contribution is -2.40. The van der Waals surface area contributed by atoms with Gasteiger partial charge in [0.1, 0.15) is 12.4 Å². The average Bonchev–Trinajstić information content (AvgIpc) is 3.21. The van der Waals surface area contributed by atoms with Crippen LogP contribution in [0.1, 0.15) is 43.2 Å². The van der Waals surface area contributed by atoms with Crippen LogP contribution in [-0.2, 0) is 22.6 Å². The molecule has 33 heavy (non-hydrogen) atoms. The fourth-order valence-electron chi connectivity index (χ4n) is 4.99. The van der Waals surface area contributed by atoms with Gasteiger partial charge in [-0.2, -0.15) is 0 Å². The Kier molecular flexibility index (Phi) is 8.65. The van der Waals surface area contributed by atoms with Gasteiger partial charge in [-0.25, -0.2) is 0 Å². The number of benzene rings is 2. The molecule has 0 radical (unpaired) electrons. The first kappa shape index (κ1) is 24.1. The highest BCUT2D eigenvalue weighted by Crippen LogP contribution is 2.34. The molecule has 1 amide bonds. The summed E-state index contributed by atoms with van der Waals surface area (Å²) in [6, 6.07) is 16.1. The summed E-state index contributed by atoms with van der Waals surface area (Å²) < 4.78 is 11.4. The zero-order valence-electron chi connectivity index (χ0n) is 19.1. The number of ether oxygens (including phenoxy) is 2. The summed E-state index contributed by atoms with van der Waals surface area (Å²) in [5, 5.41) is 10.00. The smallest absolute Gasteiger partial charge is 0.226 e. The Morgan fingerprint density at radius 1 is 1.00 bits per heavy atom. The lowest BCUT2D eigenvalue weighted by atomic mass is 9.86. The van der Waals surface area contributed by atoms with Crippen LogP contribution in [0.3, 0.4) is 0 Å². The Morgan fingerprint density at radius 2 is 1.79 bits per heavy atom. The van der Waals surface area contributed by atoms with Gasteiger partial charge in [0, 0.05) is 30.1 Å². The molecule has 1 saturated carbocycles. The number of amides is 1. The van der Waals surface area contributed by atoms with Crippen LogP contribution in [0.15, 0.2) is 48.5 Å². The molecule has 0 aromatic heterocycles. The first-order valence-electron chi connectivity index (χ1n) is 12.1. The Bertz CT molecular complexity index is 898. The molecule has 6 heteroatoms. The van der Waals surface area contributed by atoms with Crippen molar-refractivity contribution >= 4 is 17.5 Å². The molecule has 1 saturated heterocycles. The molecular weight excluding hydrogens is 438 g/mol. The van der Waals surface area contributed by atoms with Gasteiger partial charge in [0.2, 0.25) is 5.91 Å². The van der Waals surface area contributed by atoms with E-state index in [1.807, 2.05) is 48.5 Å². The van der Waals surface area contributed by atoms with Gasteiger partial charge in [-0.3, -0.25) is 4.79 Å². The van der Waals surface area contributed by atoms with Gasteiger partial charge in [0.25, 0.3) is 0 Å². The highest BCUT2D eigenvalue weighted by atomic mass is 35.5. The number of rotatable bonds is 10. The van der Waals surface area contributed by atoms with E-state index in [0.29, 0.717) is 49.0 Å². The molecule has 2 aliphatic rings. The van der Waals surface area contributed by atoms with Crippen LogP contribution < -0.4 is 4.74 Å². The second-order valence-corrected chi connectivity index (χ2v) is 9.63. The molecule has 1 N–H and O–H groups in total. The van der Waals surface area contributed by atoms with Crippen molar-refractivity contribution in [3.05, 3.63) is 64.7 Å². The largest absolute Gasteiger partial charge is 0.491 e. The van der Waals surface area contributed by atoms with Crippen molar-refractivity contribution in [3.8, 4) is 5.75 Å². The Hall–Kier alpha value is -2.08. The normalized spacial score (nSPS) is 23.2. The Morgan fingerprint density at radius 3 is 2.52 bits per heavy atom. The van der Waals surface area contributed by atoms with Crippen molar-refractivity contribution in [1.82, 2.24) is 4.90 Å². The summed E-state index contributed by atoms with van der Waals surface area (Å²) in [7, 11) is 0. The number of hydrogen-bond acceptors (Lipinski definition) is 4. The summed E-state index contributed by atoms with van der Waals surface area (Å²) in [6.45, 7) is 2.62. The van der Waals surface area contributed by atoms with E-state index in [9.17, 15) is 9.90 Å². The maximum Gasteiger partial charge on any atom is 0.226 e. The predicted octanol–water partition coefficient (Wildman–Crippen LogP) is 4.88. The minimum atomic E-state index is -0.00350. The lowest BCUT2D eigenvalue weighted by Gasteiger charge is -2.34. The molecule has 2 aromatic rings. The monoisotopic (exact) mass is 471 g/mol. The summed E-state index contributed by atoms with van der Waals surface area (Å²) >= 11 is 6.53. The highest BCUT2D eigenvalue weighted by molar-refractivity contribution is 6.31. The molecule has 178 valence electrons. The number of hydrogen-bond donors (Lipinski definition) is 1. The number of nitrogens with zero attached hydrogens (tertiary/aromatic N) is 1. The van der Waals surface area contributed by atoms with E-state index in [0.717, 1.165) is 49.8 Å². The van der Waals surface area contributed by atoms with Crippen LogP contribution in [0.5, 0.6) is 5.75 Å². The summed E-state index contributed by atoms with van der Waals surface area (Å²) in [6.07, 6.45) is 5.59. The first-order valence-corrected chi connectivity index (χ1v) is 12.5. The first-order chi connectivity index (χ1) is 16.1. The molecule has 4 rings (SSSR count). The topological polar surface area (TPSA) is 59.0 Å². The van der Waals surface area contributed by atoms with Gasteiger partial charge in [-0.1, -0.05) is 48.0 Å². The Labute approximate surface area is 201 Å². The summed E-state index contributed by atoms with van der Waals surface area (Å²) in [4.78, 5) is 15.1. The van der Waals surface area contributed by atoms with Crippen molar-refractivity contribution < 1.29 is 19.4 Å². The van der Waals surface area contributed by atoms with Crippen LogP contribution in [0, 0.1) is 11.8 Å². The van der Waals surface area contributed by atoms with Crippen LogP contribution in [-0.4, -0.2) is 48.3 Å². The van der Waals surface area contributed by atoms with Gasteiger partial charge in [-0.05, 0) is 67.7 Å². The van der Waals surface area contributed by atoms with Gasteiger partial charge in [0.05, 0.1) is 13.2 Å². The van der Waals surface area contributed by atoms with Crippen LogP contribution in [0.25, 0.3) is 0 Å². The van der Waals surface area contributed by atoms with E-state index < -0.39 is 0 Å². The van der Waals surface area contributed by atoms with Gasteiger partial charge in [-0.15, -0.1) is 0 Å². The Balaban J connectivity index is 1.22. The lowest BCUT2D eigenvalue weighted by molar-refractivity contribution is -0.133. The van der Waals surface area contributed by atoms with E-state index in [4.69, 9.17) is 21.1 Å². The predicted molar refractivity (Wildman–Crippen MR) is 129 cm³/mol. The number of aliphatic hydroxyl groups excluding tert-OH is 1. The third-order valence-corrected chi connectivity index (χ3v) is 7.32. The molecule has 1 aliphatic heterocycles. The SMILES string of the molecule is O=C1C(Cc2ccc(OCCOCc3ccccc3)cc2Cl)CCN1C1CCC(CO)CC1. The number of aliphatic hydroxyl groups is 1. The number of carbonyl (C=O) groups is 1. The van der Waals surface area contributed by atoms with E-state index in [-0.39, 0.29) is 18.4 Å². The molecule has 1 heterocycles. The van der Waals surface area contributed by atoms with Crippen molar-refractivity contribution in [3.63, 3.8) is 0 Å². The van der Waals surface area contributed by atoms with Crippen molar-refractivity contribution in [2.75, 3.05) is 26.4 Å². The van der Waals surface area contributed by atoms with E-state index in [2.05, 4.69) is 4.90 Å². The molecule has 1 atom stereocenters. The fourth-order valence-corrected chi connectivity index (χ4v) is 5.23. The molecule has 5 nitrogen and oxygen atoms in total. The molecular formula is C27H34ClNO4. The molecule has 0 spiro atoms. The van der Waals surface area contributed by atoms with Crippen LogP contribution in [0.2, 0.25) is 5.02 Å². The minimum Gasteiger partial charge on any atom is -0.491 e. The summed E-state index contributed by atoms with van der Waals surface area (Å²) in [5.41, 5.74) is 2.14. The molecule has 1 aliphatic carbocycles. The summed E-state index contributed by atoms with van der Waals surface area (Å²) in [5.74, 6) is 1.38. The fraction of sp³-hybridized carbons (Fsp3) is 0.519. The molecule has 2 fully saturated rings. The van der Waals surface area contributed by atoms with E-state index in [1.165, 1.54) is 0 Å². The van der Waals surface area contributed by atoms with Gasteiger partial charge < -0.3 is 19.5 Å². The van der Waals surface area contributed by atoms with Crippen LogP contribution in [0.4, 0.5) is 0 Å². The van der Waals surface area contributed by atoms with E-state index in [1.54, 1.807) is 0 Å². The molecule has 0 bridgehead atoms. The zero-order chi connectivity index (χ0) is 23.0. The number of carbonyl (C=O) groups excluding carboxylic acids is 1. The van der Waals surface area contributed by atoms with Crippen molar-refractivity contribution in [2.45, 2.75) is 51.2 Å². The molecule has 2 aromatic carbocycles. The third kappa shape index (κ3) is 6.50. The standard InChI is InChI=1S/C27H34ClNO4/c28-26-17-25(33-15-14-32-19-21-4-2-1-3-5-21)11-8-22(26)16-23-12-13-29(27(23)31)24-9-6-20(18-30)7-10-24/h1-5,8,11,17,20,23-24,30H,6-7,9-10,12-16,18-19H2. The van der Waals surface area contributed by atoms with Crippen molar-refractivity contribution in [2.24, 2.45) is 11.8 Å². The third-order valence-electron chi connectivity index (χ3n) is 6.96.